The smallest absolute Gasteiger partial charge is 0.142 e. The molecule has 0 amide bonds. The highest BCUT2D eigenvalue weighted by atomic mass is 16.5. The van der Waals surface area contributed by atoms with Crippen LogP contribution in [0.3, 0.4) is 0 Å². The predicted molar refractivity (Wildman–Crippen MR) is 50.8 cm³/mol. The zero-order valence-corrected chi connectivity index (χ0v) is 7.37. The van der Waals surface area contributed by atoms with E-state index in [-0.39, 0.29) is 6.61 Å². The molecule has 1 aromatic carbocycles. The van der Waals surface area contributed by atoms with Crippen LogP contribution in [-0.4, -0.2) is 17.2 Å². The van der Waals surface area contributed by atoms with E-state index in [1.54, 1.807) is 7.11 Å². The van der Waals surface area contributed by atoms with E-state index in [9.17, 15) is 0 Å². The van der Waals surface area contributed by atoms with E-state index in [0.717, 1.165) is 22.3 Å². The van der Waals surface area contributed by atoms with E-state index in [1.807, 2.05) is 24.3 Å². The second-order valence-corrected chi connectivity index (χ2v) is 2.88. The molecule has 0 saturated heterocycles. The standard InChI is InChI=1S/C10H11NO2/c1-13-9-4-2-3-7-5-8(6-12)11-10(7)9/h2-5,11-12H,6H2,1H3. The van der Waals surface area contributed by atoms with Crippen LogP contribution in [0.2, 0.25) is 0 Å². The first-order chi connectivity index (χ1) is 6.35. The van der Waals surface area contributed by atoms with Crippen LogP contribution in [0.1, 0.15) is 5.69 Å². The number of para-hydroxylation sites is 1. The summed E-state index contributed by atoms with van der Waals surface area (Å²) in [5, 5.41) is 9.99. The maximum absolute atomic E-state index is 8.93. The van der Waals surface area contributed by atoms with Gasteiger partial charge in [-0.3, -0.25) is 0 Å². The Balaban J connectivity index is 2.67. The van der Waals surface area contributed by atoms with Gasteiger partial charge in [0, 0.05) is 11.1 Å². The molecule has 0 bridgehead atoms. The number of methoxy groups -OCH3 is 1. The molecule has 0 aliphatic rings. The van der Waals surface area contributed by atoms with Crippen molar-refractivity contribution in [2.45, 2.75) is 6.61 Å². The second kappa shape index (κ2) is 3.11. The molecule has 0 fully saturated rings. The highest BCUT2D eigenvalue weighted by Crippen LogP contribution is 2.25. The van der Waals surface area contributed by atoms with Crippen LogP contribution in [0.25, 0.3) is 10.9 Å². The normalized spacial score (nSPS) is 10.6. The molecule has 0 atom stereocenters. The molecular formula is C10H11NO2. The van der Waals surface area contributed by atoms with Crippen molar-refractivity contribution in [3.8, 4) is 5.75 Å². The van der Waals surface area contributed by atoms with Gasteiger partial charge >= 0.3 is 0 Å². The van der Waals surface area contributed by atoms with Crippen molar-refractivity contribution in [2.24, 2.45) is 0 Å². The van der Waals surface area contributed by atoms with Gasteiger partial charge in [0.1, 0.15) is 5.75 Å². The lowest BCUT2D eigenvalue weighted by molar-refractivity contribution is 0.278. The summed E-state index contributed by atoms with van der Waals surface area (Å²) in [5.41, 5.74) is 1.74. The predicted octanol–water partition coefficient (Wildman–Crippen LogP) is 1.67. The molecule has 0 spiro atoms. The first kappa shape index (κ1) is 8.13. The quantitative estimate of drug-likeness (QED) is 0.732. The summed E-state index contributed by atoms with van der Waals surface area (Å²) in [7, 11) is 1.63. The molecule has 0 radical (unpaired) electrons. The molecule has 0 aliphatic carbocycles. The molecule has 1 heterocycles. The molecular weight excluding hydrogens is 166 g/mol. The van der Waals surface area contributed by atoms with Crippen molar-refractivity contribution >= 4 is 10.9 Å². The number of aromatic amines is 1. The molecule has 2 N–H and O–H groups in total. The number of benzene rings is 1. The zero-order valence-electron chi connectivity index (χ0n) is 7.37. The average molecular weight is 177 g/mol. The maximum Gasteiger partial charge on any atom is 0.142 e. The number of H-pyrrole nitrogens is 1. The lowest BCUT2D eigenvalue weighted by atomic mass is 10.2. The zero-order chi connectivity index (χ0) is 9.26. The van der Waals surface area contributed by atoms with Crippen LogP contribution in [0.5, 0.6) is 5.75 Å². The molecule has 2 rings (SSSR count). The number of hydrogen-bond donors (Lipinski definition) is 2. The van der Waals surface area contributed by atoms with Gasteiger partial charge in [0.15, 0.2) is 0 Å². The molecule has 2 aromatic rings. The molecule has 68 valence electrons. The summed E-state index contributed by atoms with van der Waals surface area (Å²) in [6.07, 6.45) is 0. The Kier molecular flexibility index (Phi) is 1.94. The second-order valence-electron chi connectivity index (χ2n) is 2.88. The third kappa shape index (κ3) is 1.27. The maximum atomic E-state index is 8.93. The molecule has 13 heavy (non-hydrogen) atoms. The topological polar surface area (TPSA) is 45.2 Å². The molecule has 3 heteroatoms. The minimum absolute atomic E-state index is 0.0256. The summed E-state index contributed by atoms with van der Waals surface area (Å²) in [5.74, 6) is 0.803. The van der Waals surface area contributed by atoms with Gasteiger partial charge in [-0.2, -0.15) is 0 Å². The Morgan fingerprint density at radius 3 is 3.00 bits per heavy atom. The molecule has 0 unspecified atom stereocenters. The Morgan fingerprint density at radius 1 is 1.46 bits per heavy atom. The van der Waals surface area contributed by atoms with Gasteiger partial charge in [0.05, 0.1) is 19.2 Å². The number of ether oxygens (including phenoxy) is 1. The van der Waals surface area contributed by atoms with Crippen LogP contribution in [0, 0.1) is 0 Å². The van der Waals surface area contributed by atoms with Crippen LogP contribution in [-0.2, 0) is 6.61 Å². The number of aliphatic hydroxyl groups excluding tert-OH is 1. The Morgan fingerprint density at radius 2 is 2.31 bits per heavy atom. The van der Waals surface area contributed by atoms with Gasteiger partial charge in [-0.1, -0.05) is 12.1 Å². The van der Waals surface area contributed by atoms with E-state index in [0.29, 0.717) is 0 Å². The van der Waals surface area contributed by atoms with Crippen molar-refractivity contribution in [3.63, 3.8) is 0 Å². The fraction of sp³-hybridized carbons (Fsp3) is 0.200. The van der Waals surface area contributed by atoms with Crippen molar-refractivity contribution in [1.82, 2.24) is 4.98 Å². The number of aliphatic hydroxyl groups is 1. The molecule has 0 saturated carbocycles. The van der Waals surface area contributed by atoms with Crippen molar-refractivity contribution < 1.29 is 9.84 Å². The minimum Gasteiger partial charge on any atom is -0.495 e. The highest BCUT2D eigenvalue weighted by Gasteiger charge is 2.03. The SMILES string of the molecule is COc1cccc2cc(CO)[nH]c12. The Hall–Kier alpha value is -1.48. The van der Waals surface area contributed by atoms with Crippen LogP contribution < -0.4 is 4.74 Å². The van der Waals surface area contributed by atoms with Gasteiger partial charge in [0.2, 0.25) is 0 Å². The number of fused-ring (bicyclic) bond motifs is 1. The molecule has 0 aliphatic heterocycles. The fourth-order valence-corrected chi connectivity index (χ4v) is 1.44. The first-order valence-electron chi connectivity index (χ1n) is 4.10. The summed E-state index contributed by atoms with van der Waals surface area (Å²) >= 11 is 0. The largest absolute Gasteiger partial charge is 0.495 e. The van der Waals surface area contributed by atoms with Crippen LogP contribution in [0.4, 0.5) is 0 Å². The van der Waals surface area contributed by atoms with Gasteiger partial charge < -0.3 is 14.8 Å². The third-order valence-electron chi connectivity index (χ3n) is 2.06. The Labute approximate surface area is 76.0 Å². The average Bonchev–Trinajstić information content (AvgIpc) is 2.59. The van der Waals surface area contributed by atoms with E-state index < -0.39 is 0 Å². The van der Waals surface area contributed by atoms with Gasteiger partial charge in [-0.25, -0.2) is 0 Å². The van der Waals surface area contributed by atoms with Gasteiger partial charge in [0.25, 0.3) is 0 Å². The summed E-state index contributed by atoms with van der Waals surface area (Å²) < 4.78 is 5.17. The van der Waals surface area contributed by atoms with E-state index in [1.165, 1.54) is 0 Å². The Bertz CT molecular complexity index is 420. The summed E-state index contributed by atoms with van der Waals surface area (Å²) in [6, 6.07) is 7.71. The van der Waals surface area contributed by atoms with Crippen molar-refractivity contribution in [2.75, 3.05) is 7.11 Å². The lowest BCUT2D eigenvalue weighted by Crippen LogP contribution is -1.84. The molecule has 3 nitrogen and oxygen atoms in total. The summed E-state index contributed by atoms with van der Waals surface area (Å²) in [4.78, 5) is 3.09. The summed E-state index contributed by atoms with van der Waals surface area (Å²) in [6.45, 7) is 0.0256. The monoisotopic (exact) mass is 177 g/mol. The highest BCUT2D eigenvalue weighted by molar-refractivity contribution is 5.86. The van der Waals surface area contributed by atoms with E-state index in [2.05, 4.69) is 4.98 Å². The van der Waals surface area contributed by atoms with Gasteiger partial charge in [-0.05, 0) is 12.1 Å². The van der Waals surface area contributed by atoms with Crippen molar-refractivity contribution in [3.05, 3.63) is 30.0 Å². The minimum atomic E-state index is 0.0256. The van der Waals surface area contributed by atoms with E-state index in [4.69, 9.17) is 9.84 Å². The number of rotatable bonds is 2. The van der Waals surface area contributed by atoms with E-state index >= 15 is 0 Å². The molecule has 1 aromatic heterocycles. The van der Waals surface area contributed by atoms with Crippen LogP contribution >= 0.6 is 0 Å². The lowest BCUT2D eigenvalue weighted by Gasteiger charge is -1.99. The third-order valence-corrected chi connectivity index (χ3v) is 2.06. The number of nitrogens with one attached hydrogen (secondary N) is 1. The van der Waals surface area contributed by atoms with Crippen LogP contribution in [0.15, 0.2) is 24.3 Å². The fourth-order valence-electron chi connectivity index (χ4n) is 1.44. The number of aromatic nitrogens is 1. The van der Waals surface area contributed by atoms with Crippen molar-refractivity contribution in [1.29, 1.82) is 0 Å². The number of hydrogen-bond acceptors (Lipinski definition) is 2. The van der Waals surface area contributed by atoms with Gasteiger partial charge in [-0.15, -0.1) is 0 Å². The first-order valence-corrected chi connectivity index (χ1v) is 4.10.